The normalized spacial score (nSPS) is 12.5. The Bertz CT molecular complexity index is 958. The first-order valence-electron chi connectivity index (χ1n) is 8.69. The van der Waals surface area contributed by atoms with Gasteiger partial charge in [0.1, 0.15) is 6.04 Å². The van der Waals surface area contributed by atoms with Crippen molar-refractivity contribution >= 4 is 38.9 Å². The van der Waals surface area contributed by atoms with Gasteiger partial charge in [0.05, 0.1) is 11.9 Å². The molecule has 2 aromatic carbocycles. The molecule has 0 heterocycles. The fourth-order valence-corrected chi connectivity index (χ4v) is 4.26. The maximum atomic E-state index is 13.0. The van der Waals surface area contributed by atoms with Crippen LogP contribution in [0.3, 0.4) is 0 Å². The van der Waals surface area contributed by atoms with Gasteiger partial charge in [0, 0.05) is 10.7 Å². The van der Waals surface area contributed by atoms with Gasteiger partial charge in [0.15, 0.2) is 0 Å². The number of sulfonamides is 1. The molecular weight excluding hydrogens is 384 g/mol. The number of nitrogens with one attached hydrogen (secondary N) is 1. The molecule has 1 atom stereocenters. The lowest BCUT2D eigenvalue weighted by molar-refractivity contribution is -0.117. The highest BCUT2D eigenvalue weighted by Gasteiger charge is 2.32. The molecule has 0 saturated carbocycles. The summed E-state index contributed by atoms with van der Waals surface area (Å²) in [5.74, 6) is -0.381. The standard InChI is InChI=1S/C20H25ClN2O3S/c1-6-19(20(24)22-18-9-7-8-13(2)15(18)4)23(27(5,25)26)16-11-10-14(3)17(21)12-16/h7-12,19H,6H2,1-5H3,(H,22,24)/t19-/m0/s1. The third-order valence-electron chi connectivity index (χ3n) is 4.60. The Hall–Kier alpha value is -2.05. The van der Waals surface area contributed by atoms with Gasteiger partial charge in [-0.25, -0.2) is 8.42 Å². The maximum absolute atomic E-state index is 13.0. The molecule has 0 aliphatic rings. The summed E-state index contributed by atoms with van der Waals surface area (Å²) >= 11 is 6.18. The van der Waals surface area contributed by atoms with Gasteiger partial charge < -0.3 is 5.32 Å². The van der Waals surface area contributed by atoms with Crippen LogP contribution >= 0.6 is 11.6 Å². The van der Waals surface area contributed by atoms with E-state index in [9.17, 15) is 13.2 Å². The molecule has 0 unspecified atom stereocenters. The van der Waals surface area contributed by atoms with E-state index in [1.807, 2.05) is 32.9 Å². The summed E-state index contributed by atoms with van der Waals surface area (Å²) in [6.45, 7) is 7.49. The SMILES string of the molecule is CC[C@@H](C(=O)Nc1cccc(C)c1C)N(c1ccc(C)c(Cl)c1)S(C)(=O)=O. The number of hydrogen-bond acceptors (Lipinski definition) is 3. The zero-order valence-corrected chi connectivity index (χ0v) is 17.8. The molecule has 0 saturated heterocycles. The van der Waals surface area contributed by atoms with E-state index in [4.69, 9.17) is 11.6 Å². The summed E-state index contributed by atoms with van der Waals surface area (Å²) in [4.78, 5) is 13.0. The van der Waals surface area contributed by atoms with Crippen molar-refractivity contribution in [2.45, 2.75) is 40.2 Å². The minimum absolute atomic E-state index is 0.315. The summed E-state index contributed by atoms with van der Waals surface area (Å²) in [6.07, 6.45) is 1.41. The molecule has 1 N–H and O–H groups in total. The Kier molecular flexibility index (Phi) is 6.54. The predicted molar refractivity (Wildman–Crippen MR) is 112 cm³/mol. The first-order chi connectivity index (χ1) is 12.6. The largest absolute Gasteiger partial charge is 0.324 e. The lowest BCUT2D eigenvalue weighted by Crippen LogP contribution is -2.47. The van der Waals surface area contributed by atoms with Crippen molar-refractivity contribution < 1.29 is 13.2 Å². The number of aryl methyl sites for hydroxylation is 2. The predicted octanol–water partition coefficient (Wildman–Crippen LogP) is 4.45. The third-order valence-corrected chi connectivity index (χ3v) is 6.19. The molecule has 0 bridgehead atoms. The molecular formula is C20H25ClN2O3S. The van der Waals surface area contributed by atoms with Crippen LogP contribution in [0.25, 0.3) is 0 Å². The highest BCUT2D eigenvalue weighted by atomic mass is 35.5. The van der Waals surface area contributed by atoms with Gasteiger partial charge in [0.25, 0.3) is 0 Å². The highest BCUT2D eigenvalue weighted by Crippen LogP contribution is 2.28. The minimum atomic E-state index is -3.70. The van der Waals surface area contributed by atoms with Crippen molar-refractivity contribution in [2.24, 2.45) is 0 Å². The number of nitrogens with zero attached hydrogens (tertiary/aromatic N) is 1. The molecule has 146 valence electrons. The fourth-order valence-electron chi connectivity index (χ4n) is 2.88. The Labute approximate surface area is 166 Å². The second-order valence-electron chi connectivity index (χ2n) is 6.65. The number of hydrogen-bond donors (Lipinski definition) is 1. The van der Waals surface area contributed by atoms with Gasteiger partial charge in [-0.15, -0.1) is 0 Å². The number of benzene rings is 2. The summed E-state index contributed by atoms with van der Waals surface area (Å²) in [5.41, 5.74) is 3.88. The Morgan fingerprint density at radius 3 is 2.37 bits per heavy atom. The van der Waals surface area contributed by atoms with E-state index in [1.165, 1.54) is 0 Å². The number of anilines is 2. The number of amides is 1. The monoisotopic (exact) mass is 408 g/mol. The topological polar surface area (TPSA) is 66.5 Å². The Morgan fingerprint density at radius 1 is 1.15 bits per heavy atom. The second-order valence-corrected chi connectivity index (χ2v) is 8.92. The van der Waals surface area contributed by atoms with Gasteiger partial charge in [-0.05, 0) is 62.1 Å². The van der Waals surface area contributed by atoms with Crippen LogP contribution in [0, 0.1) is 20.8 Å². The zero-order valence-electron chi connectivity index (χ0n) is 16.2. The molecule has 0 aliphatic heterocycles. The smallest absolute Gasteiger partial charge is 0.248 e. The second kappa shape index (κ2) is 8.31. The first-order valence-corrected chi connectivity index (χ1v) is 10.9. The molecule has 2 rings (SSSR count). The quantitative estimate of drug-likeness (QED) is 0.767. The van der Waals surface area contributed by atoms with Crippen LogP contribution in [0.4, 0.5) is 11.4 Å². The van der Waals surface area contributed by atoms with Crippen LogP contribution < -0.4 is 9.62 Å². The van der Waals surface area contributed by atoms with Gasteiger partial charge in [-0.2, -0.15) is 0 Å². The summed E-state index contributed by atoms with van der Waals surface area (Å²) in [7, 11) is -3.70. The van der Waals surface area contributed by atoms with Crippen molar-refractivity contribution in [1.29, 1.82) is 0 Å². The van der Waals surface area contributed by atoms with Crippen LogP contribution in [-0.2, 0) is 14.8 Å². The molecule has 0 spiro atoms. The summed E-state index contributed by atoms with van der Waals surface area (Å²) < 4.78 is 26.2. The van der Waals surface area contributed by atoms with Crippen LogP contribution in [0.1, 0.15) is 30.0 Å². The van der Waals surface area contributed by atoms with Crippen LogP contribution in [0.15, 0.2) is 36.4 Å². The van der Waals surface area contributed by atoms with E-state index >= 15 is 0 Å². The maximum Gasteiger partial charge on any atom is 0.248 e. The van der Waals surface area contributed by atoms with Crippen molar-refractivity contribution in [3.63, 3.8) is 0 Å². The minimum Gasteiger partial charge on any atom is -0.324 e. The Balaban J connectivity index is 2.44. The van der Waals surface area contributed by atoms with Crippen LogP contribution in [0.2, 0.25) is 5.02 Å². The number of carbonyl (C=O) groups excluding carboxylic acids is 1. The average molecular weight is 409 g/mol. The molecule has 0 radical (unpaired) electrons. The van der Waals surface area contributed by atoms with E-state index in [-0.39, 0.29) is 5.91 Å². The molecule has 7 heteroatoms. The van der Waals surface area contributed by atoms with Crippen LogP contribution in [0.5, 0.6) is 0 Å². The molecule has 27 heavy (non-hydrogen) atoms. The van der Waals surface area contributed by atoms with E-state index in [0.29, 0.717) is 22.8 Å². The molecule has 5 nitrogen and oxygen atoms in total. The van der Waals surface area contributed by atoms with E-state index in [2.05, 4.69) is 5.32 Å². The molecule has 0 fully saturated rings. The lowest BCUT2D eigenvalue weighted by atomic mass is 10.1. The fraction of sp³-hybridized carbons (Fsp3) is 0.350. The van der Waals surface area contributed by atoms with E-state index in [0.717, 1.165) is 27.3 Å². The van der Waals surface area contributed by atoms with Crippen molar-refractivity contribution in [1.82, 2.24) is 0 Å². The third kappa shape index (κ3) is 4.82. The van der Waals surface area contributed by atoms with Gasteiger partial charge in [-0.3, -0.25) is 9.10 Å². The molecule has 1 amide bonds. The Morgan fingerprint density at radius 2 is 1.81 bits per heavy atom. The van der Waals surface area contributed by atoms with E-state index < -0.39 is 16.1 Å². The first kappa shape index (κ1) is 21.3. The summed E-state index contributed by atoms with van der Waals surface area (Å²) in [6, 6.07) is 9.71. The molecule has 2 aromatic rings. The van der Waals surface area contributed by atoms with Gasteiger partial charge >= 0.3 is 0 Å². The van der Waals surface area contributed by atoms with E-state index in [1.54, 1.807) is 31.2 Å². The summed E-state index contributed by atoms with van der Waals surface area (Å²) in [5, 5.41) is 3.32. The van der Waals surface area contributed by atoms with Gasteiger partial charge in [0.2, 0.25) is 15.9 Å². The molecule has 0 aliphatic carbocycles. The zero-order chi connectivity index (χ0) is 20.4. The average Bonchev–Trinajstić information content (AvgIpc) is 2.58. The highest BCUT2D eigenvalue weighted by molar-refractivity contribution is 7.92. The van der Waals surface area contributed by atoms with Crippen molar-refractivity contribution in [3.05, 3.63) is 58.1 Å². The van der Waals surface area contributed by atoms with Crippen molar-refractivity contribution in [2.75, 3.05) is 15.9 Å². The number of halogens is 1. The number of rotatable bonds is 6. The van der Waals surface area contributed by atoms with Crippen molar-refractivity contribution in [3.8, 4) is 0 Å². The lowest BCUT2D eigenvalue weighted by Gasteiger charge is -2.30. The van der Waals surface area contributed by atoms with Gasteiger partial charge in [-0.1, -0.05) is 36.7 Å². The molecule has 0 aromatic heterocycles. The number of carbonyl (C=O) groups is 1. The van der Waals surface area contributed by atoms with Crippen LogP contribution in [-0.4, -0.2) is 26.6 Å².